The lowest BCUT2D eigenvalue weighted by molar-refractivity contribution is -0.137. The summed E-state index contributed by atoms with van der Waals surface area (Å²) in [6.45, 7) is 5.40. The van der Waals surface area contributed by atoms with Crippen LogP contribution in [0.25, 0.3) is 0 Å². The Hall–Kier alpha value is -3.89. The van der Waals surface area contributed by atoms with Crippen LogP contribution in [0.2, 0.25) is 5.02 Å². The van der Waals surface area contributed by atoms with Crippen molar-refractivity contribution in [1.82, 2.24) is 9.21 Å². The molecule has 3 aromatic carbocycles. The van der Waals surface area contributed by atoms with Gasteiger partial charge in [-0.05, 0) is 99.8 Å². The molecule has 11 nitrogen and oxygen atoms in total. The van der Waals surface area contributed by atoms with Crippen molar-refractivity contribution in [2.75, 3.05) is 44.0 Å². The van der Waals surface area contributed by atoms with Crippen molar-refractivity contribution in [3.63, 3.8) is 0 Å². The van der Waals surface area contributed by atoms with Gasteiger partial charge in [0, 0.05) is 49.1 Å². The molecule has 0 aliphatic carbocycles. The first-order valence-corrected chi connectivity index (χ1v) is 18.6. The molecule has 284 valence electrons. The zero-order valence-electron chi connectivity index (χ0n) is 29.3. The summed E-state index contributed by atoms with van der Waals surface area (Å²) in [6, 6.07) is 12.9. The molecule has 0 spiro atoms. The van der Waals surface area contributed by atoms with Gasteiger partial charge in [-0.2, -0.15) is 17.5 Å². The number of urea groups is 1. The van der Waals surface area contributed by atoms with Crippen LogP contribution >= 0.6 is 11.6 Å². The minimum atomic E-state index is -4.52. The first-order chi connectivity index (χ1) is 24.5. The Morgan fingerprint density at radius 1 is 1.04 bits per heavy atom. The number of alkyl halides is 3. The number of hydrogen-bond acceptors (Lipinski definition) is 7. The van der Waals surface area contributed by atoms with E-state index in [4.69, 9.17) is 21.1 Å². The van der Waals surface area contributed by atoms with Gasteiger partial charge in [0.1, 0.15) is 5.75 Å². The molecular formula is C36H44ClF3N4O7S. The molecule has 0 unspecified atom stereocenters. The summed E-state index contributed by atoms with van der Waals surface area (Å²) in [5.41, 5.74) is -0.434. The number of nitrogens with zero attached hydrogens (tertiary/aromatic N) is 2. The molecule has 3 amide bonds. The van der Waals surface area contributed by atoms with Crippen LogP contribution in [0.15, 0.2) is 71.6 Å². The number of fused-ring (bicyclic) bond motifs is 1. The minimum Gasteiger partial charge on any atom is -0.490 e. The number of anilines is 2. The van der Waals surface area contributed by atoms with E-state index in [-0.39, 0.29) is 53.4 Å². The number of carbonyl (C=O) groups excluding carboxylic acids is 2. The van der Waals surface area contributed by atoms with Crippen molar-refractivity contribution in [2.24, 2.45) is 5.92 Å². The number of nitrogens with one attached hydrogen (secondary N) is 2. The Bertz CT molecular complexity index is 1780. The van der Waals surface area contributed by atoms with E-state index in [0.29, 0.717) is 24.5 Å². The van der Waals surface area contributed by atoms with Gasteiger partial charge >= 0.3 is 12.2 Å². The number of carbonyl (C=O) groups is 2. The second-order valence-electron chi connectivity index (χ2n) is 12.9. The van der Waals surface area contributed by atoms with E-state index in [0.717, 1.165) is 30.7 Å². The standard InChI is InChI=1S/C36H44ClF3N4O7S/c1-23-20-44(24(2)22-45)34(46)31-19-29(42-35(47)41-28-12-8-26(9-13-28)36(38,39)40)14-17-32(31)51-25(3)7-5-6-18-50-33(23)21-43(4)52(48,49)30-15-10-27(37)11-16-30/h8-17,19,23-25,33,45H,5-7,18,20-22H2,1-4H3,(H2,41,42,47)/t23-,24+,25-,33+/m0/s1. The molecule has 4 rings (SSSR count). The van der Waals surface area contributed by atoms with Gasteiger partial charge in [-0.15, -0.1) is 0 Å². The fourth-order valence-corrected chi connectivity index (χ4v) is 6.95. The molecule has 3 N–H and O–H groups in total. The van der Waals surface area contributed by atoms with Crippen molar-refractivity contribution >= 4 is 44.9 Å². The fourth-order valence-electron chi connectivity index (χ4n) is 5.64. The topological polar surface area (TPSA) is 138 Å². The Kier molecular flexibility index (Phi) is 14.0. The van der Waals surface area contributed by atoms with Crippen LogP contribution in [0.4, 0.5) is 29.3 Å². The van der Waals surface area contributed by atoms with Crippen LogP contribution in [0, 0.1) is 5.92 Å². The second kappa shape index (κ2) is 17.8. The van der Waals surface area contributed by atoms with Gasteiger partial charge in [-0.1, -0.05) is 18.5 Å². The molecule has 1 aliphatic heterocycles. The number of likely N-dealkylation sites (N-methyl/N-ethyl adjacent to an activating group) is 1. The number of halogens is 4. The van der Waals surface area contributed by atoms with E-state index in [9.17, 15) is 36.3 Å². The smallest absolute Gasteiger partial charge is 0.416 e. The summed E-state index contributed by atoms with van der Waals surface area (Å²) in [5, 5.41) is 15.7. The Morgan fingerprint density at radius 3 is 2.31 bits per heavy atom. The van der Waals surface area contributed by atoms with Gasteiger partial charge in [0.05, 0.1) is 40.9 Å². The highest BCUT2D eigenvalue weighted by molar-refractivity contribution is 7.89. The van der Waals surface area contributed by atoms with Crippen LogP contribution in [-0.4, -0.2) is 86.3 Å². The van der Waals surface area contributed by atoms with Crippen LogP contribution in [0.5, 0.6) is 5.75 Å². The lowest BCUT2D eigenvalue weighted by Gasteiger charge is -2.35. The molecular weight excluding hydrogens is 725 g/mol. The summed E-state index contributed by atoms with van der Waals surface area (Å²) in [6.07, 6.45) is -3.46. The Balaban J connectivity index is 1.60. The van der Waals surface area contributed by atoms with Crippen molar-refractivity contribution in [3.8, 4) is 5.75 Å². The van der Waals surface area contributed by atoms with E-state index in [2.05, 4.69) is 10.6 Å². The number of aliphatic hydroxyl groups excluding tert-OH is 1. The monoisotopic (exact) mass is 768 g/mol. The van der Waals surface area contributed by atoms with Crippen molar-refractivity contribution in [3.05, 3.63) is 82.9 Å². The summed E-state index contributed by atoms with van der Waals surface area (Å²) in [5.74, 6) is -0.671. The quantitative estimate of drug-likeness (QED) is 0.222. The van der Waals surface area contributed by atoms with Gasteiger partial charge in [0.2, 0.25) is 10.0 Å². The number of aliphatic hydroxyl groups is 1. The zero-order valence-corrected chi connectivity index (χ0v) is 30.9. The number of sulfonamides is 1. The Morgan fingerprint density at radius 2 is 1.67 bits per heavy atom. The van der Waals surface area contributed by atoms with Crippen LogP contribution < -0.4 is 15.4 Å². The number of benzene rings is 3. The van der Waals surface area contributed by atoms with E-state index in [1.54, 1.807) is 13.0 Å². The highest BCUT2D eigenvalue weighted by Gasteiger charge is 2.33. The summed E-state index contributed by atoms with van der Waals surface area (Å²) < 4.78 is 79.4. The van der Waals surface area contributed by atoms with Crippen LogP contribution in [0.1, 0.15) is 56.0 Å². The Labute approximate surface area is 307 Å². The molecule has 1 heterocycles. The van der Waals surface area contributed by atoms with Crippen LogP contribution in [0.3, 0.4) is 0 Å². The van der Waals surface area contributed by atoms with Gasteiger partial charge in [-0.3, -0.25) is 4.79 Å². The predicted molar refractivity (Wildman–Crippen MR) is 192 cm³/mol. The summed E-state index contributed by atoms with van der Waals surface area (Å²) in [7, 11) is -2.44. The van der Waals surface area contributed by atoms with Crippen molar-refractivity contribution < 1.29 is 45.8 Å². The SMILES string of the molecule is C[C@H](CO)N1C[C@H](C)[C@@H](CN(C)S(=O)(=O)c2ccc(Cl)cc2)OCCCC[C@H](C)Oc2ccc(NC(=O)Nc3ccc(C(F)(F)F)cc3)cc2C1=O. The lowest BCUT2D eigenvalue weighted by Crippen LogP contribution is -2.48. The van der Waals surface area contributed by atoms with Crippen molar-refractivity contribution in [1.29, 1.82) is 0 Å². The van der Waals surface area contributed by atoms with Gasteiger partial charge in [0.25, 0.3) is 5.91 Å². The lowest BCUT2D eigenvalue weighted by atomic mass is 10.0. The third-order valence-corrected chi connectivity index (χ3v) is 10.8. The highest BCUT2D eigenvalue weighted by Crippen LogP contribution is 2.31. The second-order valence-corrected chi connectivity index (χ2v) is 15.4. The molecule has 0 bridgehead atoms. The molecule has 52 heavy (non-hydrogen) atoms. The van der Waals surface area contributed by atoms with Gasteiger partial charge in [0.15, 0.2) is 0 Å². The normalized spacial score (nSPS) is 20.0. The van der Waals surface area contributed by atoms with Gasteiger partial charge < -0.3 is 30.1 Å². The molecule has 4 atom stereocenters. The number of amides is 3. The molecule has 0 fully saturated rings. The number of ether oxygens (including phenoxy) is 2. The molecule has 0 saturated carbocycles. The first kappa shape index (κ1) is 40.9. The van der Waals surface area contributed by atoms with E-state index in [1.807, 2.05) is 13.8 Å². The molecule has 0 aromatic heterocycles. The maximum Gasteiger partial charge on any atom is 0.416 e. The predicted octanol–water partition coefficient (Wildman–Crippen LogP) is 7.12. The molecule has 16 heteroatoms. The van der Waals surface area contributed by atoms with E-state index >= 15 is 0 Å². The zero-order chi connectivity index (χ0) is 38.2. The summed E-state index contributed by atoms with van der Waals surface area (Å²) >= 11 is 5.97. The highest BCUT2D eigenvalue weighted by atomic mass is 35.5. The van der Waals surface area contributed by atoms with Gasteiger partial charge in [-0.25, -0.2) is 13.2 Å². The van der Waals surface area contributed by atoms with Crippen LogP contribution in [-0.2, 0) is 20.9 Å². The maximum atomic E-state index is 14.4. The third-order valence-electron chi connectivity index (χ3n) is 8.74. The third kappa shape index (κ3) is 10.8. The maximum absolute atomic E-state index is 14.4. The van der Waals surface area contributed by atoms with Crippen molar-refractivity contribution in [2.45, 2.75) is 69.4 Å². The first-order valence-electron chi connectivity index (χ1n) is 16.8. The minimum absolute atomic E-state index is 0.0140. The number of rotatable bonds is 8. The molecule has 0 radical (unpaired) electrons. The average molecular weight is 769 g/mol. The average Bonchev–Trinajstić information content (AvgIpc) is 3.09. The van der Waals surface area contributed by atoms with E-state index in [1.165, 1.54) is 52.7 Å². The largest absolute Gasteiger partial charge is 0.490 e. The molecule has 3 aromatic rings. The summed E-state index contributed by atoms with van der Waals surface area (Å²) in [4.78, 5) is 28.7. The molecule has 0 saturated heterocycles. The fraction of sp³-hybridized carbons (Fsp3) is 0.444. The molecule has 1 aliphatic rings. The number of hydrogen-bond donors (Lipinski definition) is 3. The van der Waals surface area contributed by atoms with E-state index < -0.39 is 51.8 Å².